The maximum Gasteiger partial charge on any atom is 0.326 e. The van der Waals surface area contributed by atoms with Crippen LogP contribution in [0.5, 0.6) is 5.75 Å². The average Bonchev–Trinajstić information content (AvgIpc) is 3.31. The molecule has 4 N–H and O–H groups in total. The summed E-state index contributed by atoms with van der Waals surface area (Å²) in [4.78, 5) is 30.6. The number of nitrogens with one attached hydrogen (secondary N) is 3. The van der Waals surface area contributed by atoms with Crippen LogP contribution in [-0.2, 0) is 22.4 Å². The first-order chi connectivity index (χ1) is 14.0. The van der Waals surface area contributed by atoms with E-state index >= 15 is 0 Å². The van der Waals surface area contributed by atoms with Gasteiger partial charge in [-0.3, -0.25) is 4.79 Å². The minimum atomic E-state index is -1.07. The lowest BCUT2D eigenvalue weighted by Crippen LogP contribution is -2.43. The fourth-order valence-electron chi connectivity index (χ4n) is 3.57. The maximum absolute atomic E-state index is 12.6. The van der Waals surface area contributed by atoms with Gasteiger partial charge in [0.25, 0.3) is 0 Å². The van der Waals surface area contributed by atoms with Crippen LogP contribution in [0.3, 0.4) is 0 Å². The molecule has 2 aromatic heterocycles. The van der Waals surface area contributed by atoms with Crippen molar-refractivity contribution in [2.75, 3.05) is 7.11 Å². The molecule has 0 saturated heterocycles. The quantitative estimate of drug-likeness (QED) is 0.388. The molecule has 0 saturated carbocycles. The van der Waals surface area contributed by atoms with Gasteiger partial charge in [0.15, 0.2) is 0 Å². The lowest BCUT2D eigenvalue weighted by Gasteiger charge is -2.14. The van der Waals surface area contributed by atoms with E-state index < -0.39 is 12.0 Å². The lowest BCUT2D eigenvalue weighted by atomic mass is 10.0. The molecule has 148 valence electrons. The van der Waals surface area contributed by atoms with Gasteiger partial charge in [0, 0.05) is 40.6 Å². The van der Waals surface area contributed by atoms with Gasteiger partial charge >= 0.3 is 5.97 Å². The SMILES string of the molecule is COc1ccc2[nH]cc(CC(=O)NC(Cc3c[nH]c4ccccc34)C(=O)O)c2c1. The van der Waals surface area contributed by atoms with E-state index in [1.54, 1.807) is 19.5 Å². The summed E-state index contributed by atoms with van der Waals surface area (Å²) in [5, 5.41) is 14.1. The molecule has 29 heavy (non-hydrogen) atoms. The molecular weight excluding hydrogens is 370 g/mol. The summed E-state index contributed by atoms with van der Waals surface area (Å²) in [6.45, 7) is 0. The highest BCUT2D eigenvalue weighted by molar-refractivity contribution is 5.91. The van der Waals surface area contributed by atoms with E-state index in [-0.39, 0.29) is 18.7 Å². The second-order valence-electron chi connectivity index (χ2n) is 6.92. The van der Waals surface area contributed by atoms with Crippen LogP contribution in [0, 0.1) is 0 Å². The van der Waals surface area contributed by atoms with Crippen molar-refractivity contribution in [1.29, 1.82) is 0 Å². The summed E-state index contributed by atoms with van der Waals surface area (Å²) >= 11 is 0. The molecule has 0 radical (unpaired) electrons. The number of aliphatic carboxylic acids is 1. The van der Waals surface area contributed by atoms with E-state index in [0.29, 0.717) is 5.75 Å². The highest BCUT2D eigenvalue weighted by Gasteiger charge is 2.22. The second kappa shape index (κ2) is 7.71. The fourth-order valence-corrected chi connectivity index (χ4v) is 3.57. The Bertz CT molecular complexity index is 1190. The number of ether oxygens (including phenoxy) is 1. The molecule has 0 aliphatic rings. The third-order valence-corrected chi connectivity index (χ3v) is 5.06. The Morgan fingerprint density at radius 2 is 1.76 bits per heavy atom. The topological polar surface area (TPSA) is 107 Å². The number of benzene rings is 2. The molecule has 1 amide bonds. The number of fused-ring (bicyclic) bond motifs is 2. The first-order valence-electron chi connectivity index (χ1n) is 9.26. The Morgan fingerprint density at radius 3 is 2.52 bits per heavy atom. The maximum atomic E-state index is 12.6. The standard InChI is InChI=1S/C22H21N3O4/c1-29-15-6-7-19-17(10-15)14(12-24-19)9-21(26)25-20(22(27)28)8-13-11-23-18-5-3-2-4-16(13)18/h2-7,10-12,20,23-24H,8-9H2,1H3,(H,25,26)(H,27,28). The summed E-state index contributed by atoms with van der Waals surface area (Å²) in [6.07, 6.45) is 3.83. The largest absolute Gasteiger partial charge is 0.497 e. The van der Waals surface area contributed by atoms with E-state index in [2.05, 4.69) is 15.3 Å². The highest BCUT2D eigenvalue weighted by atomic mass is 16.5. The van der Waals surface area contributed by atoms with Crippen molar-refractivity contribution in [3.05, 3.63) is 66.0 Å². The van der Waals surface area contributed by atoms with Gasteiger partial charge in [0.05, 0.1) is 13.5 Å². The Labute approximate surface area is 166 Å². The number of carbonyl (C=O) groups excluding carboxylic acids is 1. The van der Waals surface area contributed by atoms with Crippen molar-refractivity contribution in [3.8, 4) is 5.75 Å². The molecule has 7 nitrogen and oxygen atoms in total. The van der Waals surface area contributed by atoms with Crippen LogP contribution in [0.15, 0.2) is 54.9 Å². The molecule has 7 heteroatoms. The molecular formula is C22H21N3O4. The number of H-pyrrole nitrogens is 2. The molecule has 0 spiro atoms. The minimum Gasteiger partial charge on any atom is -0.497 e. The summed E-state index contributed by atoms with van der Waals surface area (Å²) in [7, 11) is 1.59. The van der Waals surface area contributed by atoms with Crippen LogP contribution < -0.4 is 10.1 Å². The molecule has 1 atom stereocenters. The van der Waals surface area contributed by atoms with Crippen LogP contribution in [-0.4, -0.2) is 40.1 Å². The Hall–Kier alpha value is -3.74. The van der Waals surface area contributed by atoms with E-state index in [0.717, 1.165) is 32.9 Å². The van der Waals surface area contributed by atoms with Gasteiger partial charge < -0.3 is 25.1 Å². The molecule has 2 aromatic carbocycles. The van der Waals surface area contributed by atoms with Crippen LogP contribution in [0.4, 0.5) is 0 Å². The zero-order valence-corrected chi connectivity index (χ0v) is 15.9. The zero-order chi connectivity index (χ0) is 20.4. The van der Waals surface area contributed by atoms with Crippen molar-refractivity contribution in [2.45, 2.75) is 18.9 Å². The van der Waals surface area contributed by atoms with E-state index in [1.807, 2.05) is 42.5 Å². The van der Waals surface area contributed by atoms with Gasteiger partial charge in [-0.25, -0.2) is 4.79 Å². The van der Waals surface area contributed by atoms with Crippen molar-refractivity contribution in [1.82, 2.24) is 15.3 Å². The third-order valence-electron chi connectivity index (χ3n) is 5.06. The number of aromatic amines is 2. The van der Waals surface area contributed by atoms with Crippen molar-refractivity contribution in [3.63, 3.8) is 0 Å². The predicted molar refractivity (Wildman–Crippen MR) is 110 cm³/mol. The van der Waals surface area contributed by atoms with Gasteiger partial charge in [0.1, 0.15) is 11.8 Å². The monoisotopic (exact) mass is 391 g/mol. The first-order valence-corrected chi connectivity index (χ1v) is 9.26. The van der Waals surface area contributed by atoms with E-state index in [9.17, 15) is 14.7 Å². The number of carboxylic acid groups (broad SMARTS) is 1. The molecule has 0 aliphatic carbocycles. The number of para-hydroxylation sites is 1. The van der Waals surface area contributed by atoms with Crippen molar-refractivity contribution in [2.24, 2.45) is 0 Å². The summed E-state index contributed by atoms with van der Waals surface area (Å²) in [5.74, 6) is -0.716. The van der Waals surface area contributed by atoms with Crippen molar-refractivity contribution >= 4 is 33.7 Å². The van der Waals surface area contributed by atoms with Gasteiger partial charge in [-0.1, -0.05) is 18.2 Å². The van der Waals surface area contributed by atoms with E-state index in [1.165, 1.54) is 0 Å². The summed E-state index contributed by atoms with van der Waals surface area (Å²) < 4.78 is 5.25. The number of hydrogen-bond donors (Lipinski definition) is 4. The number of carbonyl (C=O) groups is 2. The van der Waals surface area contributed by atoms with Crippen LogP contribution >= 0.6 is 0 Å². The normalized spacial score (nSPS) is 12.2. The van der Waals surface area contributed by atoms with Crippen LogP contribution in [0.1, 0.15) is 11.1 Å². The Morgan fingerprint density at radius 1 is 1.03 bits per heavy atom. The van der Waals surface area contributed by atoms with E-state index in [4.69, 9.17) is 4.74 Å². The molecule has 0 fully saturated rings. The number of hydrogen-bond acceptors (Lipinski definition) is 3. The van der Waals surface area contributed by atoms with Gasteiger partial charge in [-0.2, -0.15) is 0 Å². The molecule has 4 aromatic rings. The Kier molecular flexibility index (Phi) is 4.95. The molecule has 0 aliphatic heterocycles. The molecule has 0 bridgehead atoms. The van der Waals surface area contributed by atoms with Gasteiger partial charge in [0.2, 0.25) is 5.91 Å². The van der Waals surface area contributed by atoms with Crippen molar-refractivity contribution < 1.29 is 19.4 Å². The fraction of sp³-hybridized carbons (Fsp3) is 0.182. The number of carboxylic acids is 1. The average molecular weight is 391 g/mol. The van der Waals surface area contributed by atoms with Gasteiger partial charge in [-0.05, 0) is 35.4 Å². The smallest absolute Gasteiger partial charge is 0.326 e. The summed E-state index contributed by atoms with van der Waals surface area (Å²) in [6, 6.07) is 12.2. The number of methoxy groups -OCH3 is 1. The molecule has 2 heterocycles. The molecule has 4 rings (SSSR count). The van der Waals surface area contributed by atoms with Crippen LogP contribution in [0.25, 0.3) is 21.8 Å². The zero-order valence-electron chi connectivity index (χ0n) is 15.9. The predicted octanol–water partition coefficient (Wildman–Crippen LogP) is 3.01. The molecule has 1 unspecified atom stereocenters. The Balaban J connectivity index is 1.50. The van der Waals surface area contributed by atoms with Crippen LogP contribution in [0.2, 0.25) is 0 Å². The highest BCUT2D eigenvalue weighted by Crippen LogP contribution is 2.24. The number of amides is 1. The lowest BCUT2D eigenvalue weighted by molar-refractivity contribution is -0.141. The number of rotatable bonds is 7. The number of aromatic nitrogens is 2. The summed E-state index contributed by atoms with van der Waals surface area (Å²) in [5.41, 5.74) is 3.46. The second-order valence-corrected chi connectivity index (χ2v) is 6.92. The van der Waals surface area contributed by atoms with Gasteiger partial charge in [-0.15, -0.1) is 0 Å². The minimum absolute atomic E-state index is 0.0742. The first kappa shape index (κ1) is 18.6. The third kappa shape index (κ3) is 3.80.